The molecule has 1 atom stereocenters. The van der Waals surface area contributed by atoms with E-state index in [1.54, 1.807) is 36.4 Å². The molecule has 0 radical (unpaired) electrons. The first-order valence-electron chi connectivity index (χ1n) is 10.3. The van der Waals surface area contributed by atoms with Crippen LogP contribution in [0.3, 0.4) is 0 Å². The highest BCUT2D eigenvalue weighted by Gasteiger charge is 2.49. The number of ether oxygens (including phenoxy) is 4. The van der Waals surface area contributed by atoms with Gasteiger partial charge in [-0.25, -0.2) is 0 Å². The fourth-order valence-corrected chi connectivity index (χ4v) is 3.59. The number of nitrogens with one attached hydrogen (secondary N) is 1. The van der Waals surface area contributed by atoms with Crippen molar-refractivity contribution in [2.75, 3.05) is 19.2 Å². The third-order valence-corrected chi connectivity index (χ3v) is 5.12. The summed E-state index contributed by atoms with van der Waals surface area (Å²) in [6.07, 6.45) is -0.648. The minimum Gasteiger partial charge on any atom is -0.493 e. The predicted molar refractivity (Wildman–Crippen MR) is 117 cm³/mol. The Labute approximate surface area is 190 Å². The van der Waals surface area contributed by atoms with Crippen LogP contribution in [0.1, 0.15) is 32.3 Å². The number of fused-ring (bicyclic) bond motifs is 1. The summed E-state index contributed by atoms with van der Waals surface area (Å²) in [6, 6.07) is 10.1. The summed E-state index contributed by atoms with van der Waals surface area (Å²) in [7, 11) is 1.52. The normalized spacial score (nSPS) is 18.5. The molecule has 1 unspecified atom stereocenters. The van der Waals surface area contributed by atoms with Crippen LogP contribution in [0.15, 0.2) is 41.6 Å². The molecule has 2 aromatic carbocycles. The Morgan fingerprint density at radius 3 is 2.67 bits per heavy atom. The second-order valence-corrected chi connectivity index (χ2v) is 7.93. The number of aliphatic carboxylic acids is 1. The number of nitrogens with zero attached hydrogens (tertiary/aromatic N) is 1. The van der Waals surface area contributed by atoms with Crippen molar-refractivity contribution >= 4 is 23.3 Å². The van der Waals surface area contributed by atoms with Crippen molar-refractivity contribution in [3.63, 3.8) is 0 Å². The van der Waals surface area contributed by atoms with Gasteiger partial charge in [0.1, 0.15) is 0 Å². The predicted octanol–water partition coefficient (Wildman–Crippen LogP) is 3.19. The van der Waals surface area contributed by atoms with Crippen molar-refractivity contribution in [1.29, 1.82) is 0 Å². The minimum absolute atomic E-state index is 0.0385. The van der Waals surface area contributed by atoms with Crippen molar-refractivity contribution < 1.29 is 38.5 Å². The van der Waals surface area contributed by atoms with Gasteiger partial charge in [0.2, 0.25) is 12.4 Å². The number of carboxylic acids is 1. The maximum absolute atomic E-state index is 13.2. The van der Waals surface area contributed by atoms with Crippen LogP contribution in [0.25, 0.3) is 0 Å². The lowest BCUT2D eigenvalue weighted by Gasteiger charge is -2.23. The van der Waals surface area contributed by atoms with Gasteiger partial charge in [0.25, 0.3) is 5.91 Å². The second kappa shape index (κ2) is 8.89. The van der Waals surface area contributed by atoms with E-state index in [1.807, 2.05) is 13.8 Å². The number of carbonyl (C=O) groups is 2. The molecule has 4 rings (SSSR count). The van der Waals surface area contributed by atoms with E-state index in [-0.39, 0.29) is 19.3 Å². The quantitative estimate of drug-likeness (QED) is 0.621. The summed E-state index contributed by atoms with van der Waals surface area (Å²) < 4.78 is 21.7. The van der Waals surface area contributed by atoms with Gasteiger partial charge in [-0.3, -0.25) is 9.59 Å². The van der Waals surface area contributed by atoms with Crippen LogP contribution in [-0.4, -0.2) is 48.3 Å². The monoisotopic (exact) mass is 456 g/mol. The molecule has 0 fully saturated rings. The van der Waals surface area contributed by atoms with Crippen molar-refractivity contribution in [3.8, 4) is 23.0 Å². The Bertz CT molecular complexity index is 1110. The number of hydrogen-bond acceptors (Lipinski definition) is 8. The van der Waals surface area contributed by atoms with Gasteiger partial charge in [-0.1, -0.05) is 5.16 Å². The van der Waals surface area contributed by atoms with Crippen LogP contribution in [0.2, 0.25) is 0 Å². The summed E-state index contributed by atoms with van der Waals surface area (Å²) >= 11 is 0. The molecule has 0 aromatic heterocycles. The first kappa shape index (κ1) is 22.3. The molecule has 0 spiro atoms. The molecule has 2 aliphatic rings. The topological polar surface area (TPSA) is 125 Å². The smallest absolute Gasteiger partial charge is 0.308 e. The van der Waals surface area contributed by atoms with Gasteiger partial charge in [-0.05, 0) is 44.2 Å². The molecular formula is C23H24N2O8. The van der Waals surface area contributed by atoms with Crippen LogP contribution in [-0.2, 0) is 14.4 Å². The highest BCUT2D eigenvalue weighted by atomic mass is 16.7. The number of carboxylic acid groups (broad SMARTS) is 1. The third kappa shape index (κ3) is 4.64. The average molecular weight is 456 g/mol. The van der Waals surface area contributed by atoms with Crippen molar-refractivity contribution in [2.45, 2.75) is 38.4 Å². The maximum Gasteiger partial charge on any atom is 0.308 e. The number of methoxy groups -OCH3 is 1. The highest BCUT2D eigenvalue weighted by Crippen LogP contribution is 2.37. The number of amides is 1. The molecule has 2 heterocycles. The van der Waals surface area contributed by atoms with Crippen LogP contribution in [0.4, 0.5) is 5.69 Å². The minimum atomic E-state index is -1.71. The summed E-state index contributed by atoms with van der Waals surface area (Å²) in [5.41, 5.74) is -0.238. The standard InChI is InChI=1S/C23H24N2O8/c1-13(2)32-18-6-4-14(8-19(18)29-3)16-10-23(33-25-16,11-21(26)27)22(28)24-15-5-7-17-20(9-15)31-12-30-17/h4-9,13H,10-12H2,1-3H3,(H,24,28)(H,26,27). The number of oxime groups is 1. The number of anilines is 1. The fourth-order valence-electron chi connectivity index (χ4n) is 3.59. The van der Waals surface area contributed by atoms with Crippen molar-refractivity contribution in [1.82, 2.24) is 0 Å². The van der Waals surface area contributed by atoms with Crippen LogP contribution < -0.4 is 24.3 Å². The van der Waals surface area contributed by atoms with E-state index < -0.39 is 23.9 Å². The number of rotatable bonds is 8. The van der Waals surface area contributed by atoms with E-state index in [2.05, 4.69) is 10.5 Å². The number of hydrogen-bond donors (Lipinski definition) is 2. The Morgan fingerprint density at radius 1 is 1.15 bits per heavy atom. The molecule has 0 saturated carbocycles. The Morgan fingerprint density at radius 2 is 1.94 bits per heavy atom. The number of benzene rings is 2. The van der Waals surface area contributed by atoms with Gasteiger partial charge in [-0.15, -0.1) is 0 Å². The molecule has 2 N–H and O–H groups in total. The van der Waals surface area contributed by atoms with Gasteiger partial charge in [0, 0.05) is 23.7 Å². The molecule has 2 aromatic rings. The first-order valence-corrected chi connectivity index (χ1v) is 10.3. The second-order valence-electron chi connectivity index (χ2n) is 7.93. The van der Waals surface area contributed by atoms with E-state index in [0.29, 0.717) is 40.0 Å². The fraction of sp³-hybridized carbons (Fsp3) is 0.348. The zero-order valence-corrected chi connectivity index (χ0v) is 18.4. The molecule has 0 aliphatic carbocycles. The number of carbonyl (C=O) groups excluding carboxylic acids is 1. The molecule has 33 heavy (non-hydrogen) atoms. The third-order valence-electron chi connectivity index (χ3n) is 5.12. The van der Waals surface area contributed by atoms with Gasteiger partial charge in [0.15, 0.2) is 23.0 Å². The van der Waals surface area contributed by atoms with E-state index in [4.69, 9.17) is 23.8 Å². The van der Waals surface area contributed by atoms with E-state index in [1.165, 1.54) is 7.11 Å². The molecule has 1 amide bonds. The van der Waals surface area contributed by atoms with Gasteiger partial charge in [-0.2, -0.15) is 0 Å². The van der Waals surface area contributed by atoms with Crippen LogP contribution in [0.5, 0.6) is 23.0 Å². The zero-order chi connectivity index (χ0) is 23.6. The van der Waals surface area contributed by atoms with Crippen LogP contribution in [0, 0.1) is 0 Å². The van der Waals surface area contributed by atoms with E-state index >= 15 is 0 Å². The zero-order valence-electron chi connectivity index (χ0n) is 18.4. The lowest BCUT2D eigenvalue weighted by molar-refractivity contribution is -0.152. The van der Waals surface area contributed by atoms with E-state index in [9.17, 15) is 14.7 Å². The molecule has 0 saturated heterocycles. The Balaban J connectivity index is 1.55. The molecule has 2 aliphatic heterocycles. The summed E-state index contributed by atoms with van der Waals surface area (Å²) in [5, 5.41) is 16.2. The summed E-state index contributed by atoms with van der Waals surface area (Å²) in [6.45, 7) is 3.91. The van der Waals surface area contributed by atoms with Gasteiger partial charge in [0.05, 0.1) is 25.3 Å². The SMILES string of the molecule is COc1cc(C2=NOC(CC(=O)O)(C(=O)Nc3ccc4c(c3)OCO4)C2)ccc1OC(C)C. The Hall–Kier alpha value is -3.95. The van der Waals surface area contributed by atoms with Crippen LogP contribution >= 0.6 is 0 Å². The highest BCUT2D eigenvalue weighted by molar-refractivity contribution is 6.09. The van der Waals surface area contributed by atoms with Crippen molar-refractivity contribution in [3.05, 3.63) is 42.0 Å². The molecule has 10 nitrogen and oxygen atoms in total. The molecule has 0 bridgehead atoms. The molecule has 174 valence electrons. The largest absolute Gasteiger partial charge is 0.493 e. The van der Waals surface area contributed by atoms with Crippen molar-refractivity contribution in [2.24, 2.45) is 5.16 Å². The van der Waals surface area contributed by atoms with Gasteiger partial charge >= 0.3 is 5.97 Å². The average Bonchev–Trinajstić information content (AvgIpc) is 3.40. The lowest BCUT2D eigenvalue weighted by atomic mass is 9.90. The summed E-state index contributed by atoms with van der Waals surface area (Å²) in [5.74, 6) is 0.285. The summed E-state index contributed by atoms with van der Waals surface area (Å²) in [4.78, 5) is 30.2. The Kier molecular flexibility index (Phi) is 5.99. The molecular weight excluding hydrogens is 432 g/mol. The maximum atomic E-state index is 13.2. The molecule has 10 heteroatoms. The van der Waals surface area contributed by atoms with E-state index in [0.717, 1.165) is 0 Å². The van der Waals surface area contributed by atoms with Gasteiger partial charge < -0.3 is 34.2 Å². The lowest BCUT2D eigenvalue weighted by Crippen LogP contribution is -2.45. The first-order chi connectivity index (χ1) is 15.8.